The van der Waals surface area contributed by atoms with Crippen LogP contribution >= 0.6 is 11.6 Å². The standard InChI is InChI=1S/C15H20ClNO3/c1-3-10(2)15(18)17-5-4-11-8-12(16)14-13(9-11)19-6-7-20-14/h8-10H,3-7H2,1-2H3,(H,17,18)/t10-/m0/s1. The Balaban J connectivity index is 1.94. The summed E-state index contributed by atoms with van der Waals surface area (Å²) in [7, 11) is 0. The van der Waals surface area contributed by atoms with Crippen molar-refractivity contribution in [2.24, 2.45) is 5.92 Å². The molecule has 0 spiro atoms. The molecule has 1 heterocycles. The molecule has 0 bridgehead atoms. The van der Waals surface area contributed by atoms with E-state index in [4.69, 9.17) is 21.1 Å². The Labute approximate surface area is 124 Å². The Morgan fingerprint density at radius 1 is 1.40 bits per heavy atom. The summed E-state index contributed by atoms with van der Waals surface area (Å²) in [5.74, 6) is 1.45. The van der Waals surface area contributed by atoms with E-state index in [1.165, 1.54) is 0 Å². The van der Waals surface area contributed by atoms with Gasteiger partial charge in [0.15, 0.2) is 11.5 Å². The van der Waals surface area contributed by atoms with E-state index in [2.05, 4.69) is 5.32 Å². The van der Waals surface area contributed by atoms with E-state index in [0.29, 0.717) is 36.3 Å². The van der Waals surface area contributed by atoms with E-state index < -0.39 is 0 Å². The van der Waals surface area contributed by atoms with Crippen molar-refractivity contribution in [3.63, 3.8) is 0 Å². The predicted molar refractivity (Wildman–Crippen MR) is 78.6 cm³/mol. The first-order chi connectivity index (χ1) is 9.61. The third-order valence-electron chi connectivity index (χ3n) is 3.43. The highest BCUT2D eigenvalue weighted by atomic mass is 35.5. The van der Waals surface area contributed by atoms with Gasteiger partial charge in [-0.05, 0) is 30.5 Å². The number of ether oxygens (including phenoxy) is 2. The highest BCUT2D eigenvalue weighted by molar-refractivity contribution is 6.32. The fraction of sp³-hybridized carbons (Fsp3) is 0.533. The normalized spacial score (nSPS) is 14.8. The fourth-order valence-corrected chi connectivity index (χ4v) is 2.29. The van der Waals surface area contributed by atoms with Crippen LogP contribution < -0.4 is 14.8 Å². The molecule has 1 aromatic carbocycles. The van der Waals surface area contributed by atoms with Gasteiger partial charge in [0.05, 0.1) is 5.02 Å². The average Bonchev–Trinajstić information content (AvgIpc) is 2.46. The maximum absolute atomic E-state index is 11.7. The molecule has 20 heavy (non-hydrogen) atoms. The van der Waals surface area contributed by atoms with E-state index in [0.717, 1.165) is 18.4 Å². The number of rotatable bonds is 5. The molecule has 4 nitrogen and oxygen atoms in total. The lowest BCUT2D eigenvalue weighted by Gasteiger charge is -2.20. The van der Waals surface area contributed by atoms with E-state index in [1.54, 1.807) is 0 Å². The van der Waals surface area contributed by atoms with Gasteiger partial charge in [-0.25, -0.2) is 0 Å². The van der Waals surface area contributed by atoms with Gasteiger partial charge in [0.1, 0.15) is 13.2 Å². The molecule has 1 N–H and O–H groups in total. The van der Waals surface area contributed by atoms with E-state index >= 15 is 0 Å². The fourth-order valence-electron chi connectivity index (χ4n) is 2.00. The zero-order valence-electron chi connectivity index (χ0n) is 11.9. The molecule has 110 valence electrons. The zero-order valence-corrected chi connectivity index (χ0v) is 12.6. The van der Waals surface area contributed by atoms with Gasteiger partial charge in [0.25, 0.3) is 0 Å². The molecule has 1 atom stereocenters. The molecule has 1 aliphatic heterocycles. The van der Waals surface area contributed by atoms with Crippen LogP contribution in [0, 0.1) is 5.92 Å². The second-order valence-corrected chi connectivity index (χ2v) is 5.36. The zero-order chi connectivity index (χ0) is 14.5. The number of fused-ring (bicyclic) bond motifs is 1. The minimum absolute atomic E-state index is 0.0545. The minimum Gasteiger partial charge on any atom is -0.486 e. The molecule has 2 rings (SSSR count). The van der Waals surface area contributed by atoms with Crippen molar-refractivity contribution < 1.29 is 14.3 Å². The topological polar surface area (TPSA) is 47.6 Å². The van der Waals surface area contributed by atoms with Crippen molar-refractivity contribution in [1.29, 1.82) is 0 Å². The second-order valence-electron chi connectivity index (χ2n) is 4.95. The largest absolute Gasteiger partial charge is 0.486 e. The Kier molecular flexibility index (Phi) is 5.12. The first-order valence-corrected chi connectivity index (χ1v) is 7.35. The second kappa shape index (κ2) is 6.84. The molecule has 1 amide bonds. The number of nitrogens with one attached hydrogen (secondary N) is 1. The van der Waals surface area contributed by atoms with Crippen molar-refractivity contribution in [3.05, 3.63) is 22.7 Å². The van der Waals surface area contributed by atoms with Gasteiger partial charge in [-0.2, -0.15) is 0 Å². The summed E-state index contributed by atoms with van der Waals surface area (Å²) in [5, 5.41) is 3.49. The molecule has 0 aromatic heterocycles. The first kappa shape index (κ1) is 15.0. The van der Waals surface area contributed by atoms with Gasteiger partial charge in [0, 0.05) is 12.5 Å². The quantitative estimate of drug-likeness (QED) is 0.909. The summed E-state index contributed by atoms with van der Waals surface area (Å²) in [5.41, 5.74) is 1.03. The molecular formula is C15H20ClNO3. The monoisotopic (exact) mass is 297 g/mol. The summed E-state index contributed by atoms with van der Waals surface area (Å²) >= 11 is 6.17. The number of carbonyl (C=O) groups excluding carboxylic acids is 1. The van der Waals surface area contributed by atoms with Gasteiger partial charge < -0.3 is 14.8 Å². The summed E-state index contributed by atoms with van der Waals surface area (Å²) in [4.78, 5) is 11.7. The van der Waals surface area contributed by atoms with Gasteiger partial charge in [0.2, 0.25) is 5.91 Å². The Morgan fingerprint density at radius 3 is 2.90 bits per heavy atom. The molecule has 0 saturated heterocycles. The number of hydrogen-bond donors (Lipinski definition) is 1. The van der Waals surface area contributed by atoms with Gasteiger partial charge >= 0.3 is 0 Å². The van der Waals surface area contributed by atoms with E-state index in [-0.39, 0.29) is 11.8 Å². The van der Waals surface area contributed by atoms with Crippen molar-refractivity contribution in [2.75, 3.05) is 19.8 Å². The molecule has 5 heteroatoms. The van der Waals surface area contributed by atoms with Gasteiger partial charge in [-0.1, -0.05) is 25.4 Å². The minimum atomic E-state index is 0.0545. The maximum atomic E-state index is 11.7. The highest BCUT2D eigenvalue weighted by Crippen LogP contribution is 2.38. The van der Waals surface area contributed by atoms with Crippen molar-refractivity contribution in [3.8, 4) is 11.5 Å². The van der Waals surface area contributed by atoms with Crippen molar-refractivity contribution >= 4 is 17.5 Å². The summed E-state index contributed by atoms with van der Waals surface area (Å²) in [6.07, 6.45) is 1.57. The predicted octanol–water partition coefficient (Wildman–Crippen LogP) is 2.82. The Bertz CT molecular complexity index is 490. The van der Waals surface area contributed by atoms with Crippen LogP contribution in [0.1, 0.15) is 25.8 Å². The summed E-state index contributed by atoms with van der Waals surface area (Å²) in [6, 6.07) is 3.79. The van der Waals surface area contributed by atoms with Crippen LogP contribution in [-0.4, -0.2) is 25.7 Å². The number of amides is 1. The van der Waals surface area contributed by atoms with Gasteiger partial charge in [-0.3, -0.25) is 4.79 Å². The van der Waals surface area contributed by atoms with Crippen molar-refractivity contribution in [2.45, 2.75) is 26.7 Å². The van der Waals surface area contributed by atoms with Crippen molar-refractivity contribution in [1.82, 2.24) is 5.32 Å². The average molecular weight is 298 g/mol. The van der Waals surface area contributed by atoms with E-state index in [1.807, 2.05) is 26.0 Å². The molecule has 0 radical (unpaired) electrons. The third kappa shape index (κ3) is 3.57. The molecular weight excluding hydrogens is 278 g/mol. The Hall–Kier alpha value is -1.42. The lowest BCUT2D eigenvalue weighted by atomic mass is 10.1. The maximum Gasteiger partial charge on any atom is 0.222 e. The highest BCUT2D eigenvalue weighted by Gasteiger charge is 2.16. The van der Waals surface area contributed by atoms with E-state index in [9.17, 15) is 4.79 Å². The van der Waals surface area contributed by atoms with Crippen LogP contribution in [0.2, 0.25) is 5.02 Å². The SMILES string of the molecule is CC[C@H](C)C(=O)NCCc1cc(Cl)c2c(c1)OCCO2. The molecule has 0 fully saturated rings. The number of carbonyl (C=O) groups is 1. The molecule has 0 aliphatic carbocycles. The summed E-state index contributed by atoms with van der Waals surface area (Å²) in [6.45, 7) is 5.59. The van der Waals surface area contributed by atoms with Crippen LogP contribution in [0.3, 0.4) is 0 Å². The van der Waals surface area contributed by atoms with Gasteiger partial charge in [-0.15, -0.1) is 0 Å². The smallest absolute Gasteiger partial charge is 0.222 e. The molecule has 1 aliphatic rings. The van der Waals surface area contributed by atoms with Crippen LogP contribution in [-0.2, 0) is 11.2 Å². The third-order valence-corrected chi connectivity index (χ3v) is 3.71. The molecule has 1 aromatic rings. The molecule has 0 unspecified atom stereocenters. The van der Waals surface area contributed by atoms with Crippen LogP contribution in [0.15, 0.2) is 12.1 Å². The summed E-state index contributed by atoms with van der Waals surface area (Å²) < 4.78 is 11.0. The molecule has 0 saturated carbocycles. The number of benzene rings is 1. The Morgan fingerprint density at radius 2 is 2.15 bits per heavy atom. The lowest BCUT2D eigenvalue weighted by Crippen LogP contribution is -2.30. The first-order valence-electron chi connectivity index (χ1n) is 6.97. The van der Waals surface area contributed by atoms with Crippen LogP contribution in [0.5, 0.6) is 11.5 Å². The lowest BCUT2D eigenvalue weighted by molar-refractivity contribution is -0.124. The van der Waals surface area contributed by atoms with Crippen LogP contribution in [0.4, 0.5) is 0 Å². The van der Waals surface area contributed by atoms with Crippen LogP contribution in [0.25, 0.3) is 0 Å². The number of hydrogen-bond acceptors (Lipinski definition) is 3. The number of halogens is 1.